The summed E-state index contributed by atoms with van der Waals surface area (Å²) in [5.41, 5.74) is -1.82. The van der Waals surface area contributed by atoms with Crippen molar-refractivity contribution in [3.8, 4) is 0 Å². The highest BCUT2D eigenvalue weighted by Crippen LogP contribution is 2.40. The number of benzene rings is 3. The maximum absolute atomic E-state index is 13.5. The molecule has 0 N–H and O–H groups in total. The quantitative estimate of drug-likeness (QED) is 0.208. The number of carbonyl (C=O) groups excluding carboxylic acids is 4. The highest BCUT2D eigenvalue weighted by atomic mass is 16.4. The minimum absolute atomic E-state index is 0.0509. The van der Waals surface area contributed by atoms with E-state index in [-0.39, 0.29) is 71.9 Å². The van der Waals surface area contributed by atoms with Crippen molar-refractivity contribution in [2.75, 3.05) is 0 Å². The first-order valence-electron chi connectivity index (χ1n) is 12.5. The van der Waals surface area contributed by atoms with E-state index >= 15 is 0 Å². The minimum atomic E-state index is -0.944. The Morgan fingerprint density at radius 2 is 1.02 bits per heavy atom. The van der Waals surface area contributed by atoms with Gasteiger partial charge >= 0.3 is 11.3 Å². The van der Waals surface area contributed by atoms with Gasteiger partial charge < -0.3 is 8.83 Å². The van der Waals surface area contributed by atoms with Gasteiger partial charge in [-0.15, -0.1) is 0 Å². The molecule has 2 heterocycles. The first-order chi connectivity index (χ1) is 19.4. The molecule has 8 nitrogen and oxygen atoms in total. The molecule has 0 bridgehead atoms. The van der Waals surface area contributed by atoms with Gasteiger partial charge in [-0.2, -0.15) is 0 Å². The maximum atomic E-state index is 13.5. The fourth-order valence-electron chi connectivity index (χ4n) is 6.23. The molecule has 0 aliphatic heterocycles. The lowest BCUT2D eigenvalue weighted by molar-refractivity contribution is 0.0802. The van der Waals surface area contributed by atoms with Gasteiger partial charge in [-0.25, -0.2) is 9.59 Å². The fraction of sp³-hybridized carbons (Fsp3) is 0.0625. The van der Waals surface area contributed by atoms with E-state index in [0.29, 0.717) is 0 Å². The van der Waals surface area contributed by atoms with Gasteiger partial charge in [0.15, 0.2) is 34.3 Å². The summed E-state index contributed by atoms with van der Waals surface area (Å²) < 4.78 is 11.3. The van der Waals surface area contributed by atoms with Crippen LogP contribution in [-0.2, 0) is 0 Å². The topological polar surface area (TPSA) is 129 Å². The van der Waals surface area contributed by atoms with Crippen LogP contribution in [0.15, 0.2) is 91.3 Å². The Kier molecular flexibility index (Phi) is 4.24. The average Bonchev–Trinajstić information content (AvgIpc) is 2.97. The zero-order valence-corrected chi connectivity index (χ0v) is 20.3. The number of carbonyl (C=O) groups is 4. The van der Waals surface area contributed by atoms with Crippen molar-refractivity contribution >= 4 is 55.8 Å². The molecule has 8 heteroatoms. The first kappa shape index (κ1) is 22.5. The number of hydrogen-bond donors (Lipinski definition) is 0. The zero-order chi connectivity index (χ0) is 27.4. The molecule has 0 spiro atoms. The number of ketones is 4. The van der Waals surface area contributed by atoms with E-state index in [1.165, 1.54) is 30.3 Å². The van der Waals surface area contributed by atoms with Crippen molar-refractivity contribution in [1.29, 1.82) is 0 Å². The average molecular weight is 526 g/mol. The number of allylic oxidation sites excluding steroid dienone is 4. The number of rotatable bonds is 0. The van der Waals surface area contributed by atoms with Gasteiger partial charge in [0.1, 0.15) is 0 Å². The lowest BCUT2D eigenvalue weighted by atomic mass is 9.72. The van der Waals surface area contributed by atoms with Gasteiger partial charge in [-0.05, 0) is 24.3 Å². The summed E-state index contributed by atoms with van der Waals surface area (Å²) in [6, 6.07) is 12.1. The third kappa shape index (κ3) is 2.64. The highest BCUT2D eigenvalue weighted by molar-refractivity contribution is 6.33. The Morgan fingerprint density at radius 3 is 1.65 bits per heavy atom. The molecule has 0 saturated carbocycles. The van der Waals surface area contributed by atoms with Crippen LogP contribution in [0.3, 0.4) is 0 Å². The maximum Gasteiger partial charge on any atom is 0.345 e. The SMILES string of the molecule is O=C1c2ccccc2C(=O)c2c1ccc1c2oc(=O)c2c3ccc4c(c3oc(=O)c12)C(=O)C1C=CC=CC1C4=O. The molecule has 0 radical (unpaired) electrons. The van der Waals surface area contributed by atoms with Crippen LogP contribution in [0.1, 0.15) is 52.6 Å². The van der Waals surface area contributed by atoms with Gasteiger partial charge in [0.25, 0.3) is 0 Å². The smallest absolute Gasteiger partial charge is 0.345 e. The lowest BCUT2D eigenvalue weighted by Crippen LogP contribution is -2.35. The van der Waals surface area contributed by atoms with Gasteiger partial charge in [0.2, 0.25) is 0 Å². The van der Waals surface area contributed by atoms with Crippen LogP contribution >= 0.6 is 0 Å². The third-order valence-corrected chi connectivity index (χ3v) is 8.04. The van der Waals surface area contributed by atoms with Crippen LogP contribution in [0.2, 0.25) is 0 Å². The summed E-state index contributed by atoms with van der Waals surface area (Å²) in [6.45, 7) is 0. The second-order valence-corrected chi connectivity index (χ2v) is 10.0. The van der Waals surface area contributed by atoms with Crippen molar-refractivity contribution in [1.82, 2.24) is 0 Å². The minimum Gasteiger partial charge on any atom is -0.421 e. The molecule has 5 aromatic rings. The van der Waals surface area contributed by atoms with Gasteiger partial charge in [-0.1, -0.05) is 48.6 Å². The molecule has 2 unspecified atom stereocenters. The van der Waals surface area contributed by atoms with Crippen molar-refractivity contribution in [2.24, 2.45) is 11.8 Å². The summed E-state index contributed by atoms with van der Waals surface area (Å²) >= 11 is 0. The van der Waals surface area contributed by atoms with Crippen LogP contribution in [0, 0.1) is 11.8 Å². The van der Waals surface area contributed by atoms with Gasteiger partial charge in [-0.3, -0.25) is 19.2 Å². The molecule has 2 aromatic heterocycles. The van der Waals surface area contributed by atoms with Crippen molar-refractivity contribution < 1.29 is 28.0 Å². The first-order valence-corrected chi connectivity index (χ1v) is 12.5. The predicted molar refractivity (Wildman–Crippen MR) is 143 cm³/mol. The Labute approximate surface area is 222 Å². The molecule has 3 aromatic carbocycles. The largest absolute Gasteiger partial charge is 0.421 e. The van der Waals surface area contributed by atoms with Crippen molar-refractivity contribution in [2.45, 2.75) is 0 Å². The second kappa shape index (κ2) is 7.54. The Bertz CT molecular complexity index is 2290. The summed E-state index contributed by atoms with van der Waals surface area (Å²) in [5, 5.41) is -0.0408. The number of Topliss-reactive ketones (excluding diaryl/α,β-unsaturated/α-hetero) is 2. The van der Waals surface area contributed by atoms with Crippen LogP contribution in [0.5, 0.6) is 0 Å². The molecule has 2 atom stereocenters. The lowest BCUT2D eigenvalue weighted by Gasteiger charge is -2.28. The molecule has 40 heavy (non-hydrogen) atoms. The molecular weight excluding hydrogens is 512 g/mol. The fourth-order valence-corrected chi connectivity index (χ4v) is 6.23. The van der Waals surface area contributed by atoms with E-state index < -0.39 is 40.4 Å². The molecule has 3 aliphatic carbocycles. The van der Waals surface area contributed by atoms with Crippen LogP contribution in [0.25, 0.3) is 32.7 Å². The van der Waals surface area contributed by atoms with Crippen LogP contribution in [0.4, 0.5) is 0 Å². The number of hydrogen-bond acceptors (Lipinski definition) is 8. The van der Waals surface area contributed by atoms with E-state index in [0.717, 1.165) is 0 Å². The standard InChI is InChI=1S/C32H14O8/c33-25-13-5-1-3-7-15(13)27(35)23-17(25)9-11-19-21-22(31(37)39-29(19)23)20-12-10-18-24(30(20)40-32(21)38)28(36)16-8-4-2-6-14(16)26(18)34/h1-13,15H. The van der Waals surface area contributed by atoms with Gasteiger partial charge in [0, 0.05) is 33.0 Å². The molecular formula is C32H14O8. The van der Waals surface area contributed by atoms with E-state index in [4.69, 9.17) is 8.83 Å². The Morgan fingerprint density at radius 1 is 0.500 bits per heavy atom. The molecule has 3 aliphatic rings. The Hall–Kier alpha value is -5.50. The van der Waals surface area contributed by atoms with E-state index in [2.05, 4.69) is 0 Å². The molecule has 0 amide bonds. The van der Waals surface area contributed by atoms with E-state index in [1.54, 1.807) is 42.5 Å². The normalized spacial score (nSPS) is 19.2. The van der Waals surface area contributed by atoms with E-state index in [9.17, 15) is 28.8 Å². The third-order valence-electron chi connectivity index (χ3n) is 8.04. The van der Waals surface area contributed by atoms with Crippen molar-refractivity contribution in [3.05, 3.63) is 127 Å². The van der Waals surface area contributed by atoms with E-state index in [1.807, 2.05) is 0 Å². The summed E-state index contributed by atoms with van der Waals surface area (Å²) in [4.78, 5) is 80.4. The van der Waals surface area contributed by atoms with Crippen LogP contribution in [-0.4, -0.2) is 23.1 Å². The Balaban J connectivity index is 1.47. The molecule has 0 saturated heterocycles. The molecule has 0 fully saturated rings. The van der Waals surface area contributed by atoms with Crippen LogP contribution < -0.4 is 11.3 Å². The second-order valence-electron chi connectivity index (χ2n) is 10.0. The number of fused-ring (bicyclic) bond motifs is 11. The zero-order valence-electron chi connectivity index (χ0n) is 20.3. The summed E-state index contributed by atoms with van der Waals surface area (Å²) in [7, 11) is 0. The monoisotopic (exact) mass is 526 g/mol. The molecule has 8 rings (SSSR count). The van der Waals surface area contributed by atoms with Crippen molar-refractivity contribution in [3.63, 3.8) is 0 Å². The highest BCUT2D eigenvalue weighted by Gasteiger charge is 2.41. The molecule has 190 valence electrons. The summed E-state index contributed by atoms with van der Waals surface area (Å²) in [6.07, 6.45) is 6.69. The summed E-state index contributed by atoms with van der Waals surface area (Å²) in [5.74, 6) is -2.99. The van der Waals surface area contributed by atoms with Gasteiger partial charge in [0.05, 0.1) is 33.7 Å². The predicted octanol–water partition coefficient (Wildman–Crippen LogP) is 4.57.